The summed E-state index contributed by atoms with van der Waals surface area (Å²) in [5, 5.41) is 0. The fraction of sp³-hybridized carbons (Fsp3) is 0.188. The van der Waals surface area contributed by atoms with Gasteiger partial charge >= 0.3 is 0 Å². The van der Waals surface area contributed by atoms with Crippen LogP contribution in [0.4, 0.5) is 0 Å². The van der Waals surface area contributed by atoms with Crippen molar-refractivity contribution in [3.8, 4) is 0 Å². The maximum Gasteiger partial charge on any atom is 0.0270 e. The van der Waals surface area contributed by atoms with Crippen molar-refractivity contribution in [2.45, 2.75) is 18.8 Å². The quantitative estimate of drug-likeness (QED) is 0.715. The summed E-state index contributed by atoms with van der Waals surface area (Å²) in [6.45, 7) is 6.13. The van der Waals surface area contributed by atoms with Gasteiger partial charge in [0.2, 0.25) is 0 Å². The second-order valence-corrected chi connectivity index (χ2v) is 4.43. The van der Waals surface area contributed by atoms with Gasteiger partial charge in [-0.3, -0.25) is 4.98 Å². The zero-order chi connectivity index (χ0) is 12.1. The largest absolute Gasteiger partial charge is 0.265 e. The number of benzene rings is 1. The third-order valence-electron chi connectivity index (χ3n) is 3.28. The number of pyridine rings is 1. The number of hydrogen-bond donors (Lipinski definition) is 0. The van der Waals surface area contributed by atoms with Crippen molar-refractivity contribution in [1.29, 1.82) is 0 Å². The molecule has 0 amide bonds. The summed E-state index contributed by atoms with van der Waals surface area (Å²) in [4.78, 5) is 4.09. The molecule has 0 N–H and O–H groups in total. The van der Waals surface area contributed by atoms with Crippen LogP contribution in [-0.4, -0.2) is 4.98 Å². The van der Waals surface area contributed by atoms with Gasteiger partial charge in [-0.1, -0.05) is 43.3 Å². The van der Waals surface area contributed by atoms with E-state index in [1.54, 1.807) is 0 Å². The number of aromatic nitrogens is 1. The first kappa shape index (κ1) is 11.6. The summed E-state index contributed by atoms with van der Waals surface area (Å²) in [5.74, 6) is 0. The van der Waals surface area contributed by atoms with Crippen LogP contribution in [0.3, 0.4) is 0 Å². The third kappa shape index (κ3) is 2.28. The van der Waals surface area contributed by atoms with Crippen LogP contribution in [0.1, 0.15) is 24.5 Å². The lowest BCUT2D eigenvalue weighted by Crippen LogP contribution is -2.22. The Labute approximate surface area is 103 Å². The van der Waals surface area contributed by atoms with Crippen molar-refractivity contribution >= 4 is 0 Å². The second-order valence-electron chi connectivity index (χ2n) is 4.43. The number of rotatable bonds is 4. The summed E-state index contributed by atoms with van der Waals surface area (Å²) < 4.78 is 0. The molecule has 0 aliphatic rings. The van der Waals surface area contributed by atoms with Crippen molar-refractivity contribution in [2.24, 2.45) is 0 Å². The van der Waals surface area contributed by atoms with Gasteiger partial charge in [-0.15, -0.1) is 6.58 Å². The van der Waals surface area contributed by atoms with Crippen molar-refractivity contribution in [3.05, 3.63) is 78.6 Å². The lowest BCUT2D eigenvalue weighted by molar-refractivity contribution is 0.580. The van der Waals surface area contributed by atoms with Gasteiger partial charge in [-0.2, -0.15) is 0 Å². The second kappa shape index (κ2) is 4.96. The molecule has 0 saturated heterocycles. The van der Waals surface area contributed by atoms with Crippen LogP contribution in [0.15, 0.2) is 67.5 Å². The van der Waals surface area contributed by atoms with Gasteiger partial charge in [0, 0.05) is 17.8 Å². The van der Waals surface area contributed by atoms with Crippen LogP contribution < -0.4 is 0 Å². The van der Waals surface area contributed by atoms with Gasteiger partial charge < -0.3 is 0 Å². The molecule has 1 heteroatoms. The van der Waals surface area contributed by atoms with E-state index in [0.717, 1.165) is 6.42 Å². The summed E-state index contributed by atoms with van der Waals surface area (Å²) in [5.41, 5.74) is 2.57. The average molecular weight is 223 g/mol. The molecule has 1 atom stereocenters. The highest BCUT2D eigenvalue weighted by molar-refractivity contribution is 5.38. The van der Waals surface area contributed by atoms with Gasteiger partial charge in [-0.25, -0.2) is 0 Å². The predicted molar refractivity (Wildman–Crippen MR) is 71.9 cm³/mol. The summed E-state index contributed by atoms with van der Waals surface area (Å²) >= 11 is 0. The van der Waals surface area contributed by atoms with Gasteiger partial charge in [0.05, 0.1) is 0 Å². The van der Waals surface area contributed by atoms with E-state index in [4.69, 9.17) is 0 Å². The number of hydrogen-bond acceptors (Lipinski definition) is 1. The highest BCUT2D eigenvalue weighted by atomic mass is 14.6. The molecule has 0 bridgehead atoms. The maximum absolute atomic E-state index is 4.09. The van der Waals surface area contributed by atoms with Gasteiger partial charge in [0.1, 0.15) is 0 Å². The monoisotopic (exact) mass is 223 g/mol. The summed E-state index contributed by atoms with van der Waals surface area (Å²) in [7, 11) is 0. The smallest absolute Gasteiger partial charge is 0.0270 e. The lowest BCUT2D eigenvalue weighted by Gasteiger charge is -2.29. The van der Waals surface area contributed by atoms with Crippen LogP contribution in [0.25, 0.3) is 0 Å². The number of allylic oxidation sites excluding steroid dienone is 1. The summed E-state index contributed by atoms with van der Waals surface area (Å²) in [6.07, 6.45) is 6.59. The van der Waals surface area contributed by atoms with E-state index >= 15 is 0 Å². The van der Waals surface area contributed by atoms with Crippen LogP contribution in [-0.2, 0) is 5.41 Å². The van der Waals surface area contributed by atoms with Gasteiger partial charge in [-0.05, 0) is 29.7 Å². The number of nitrogens with zero attached hydrogens (tertiary/aromatic N) is 1. The Kier molecular flexibility index (Phi) is 3.38. The van der Waals surface area contributed by atoms with Crippen LogP contribution in [0, 0.1) is 0 Å². The van der Waals surface area contributed by atoms with Crippen molar-refractivity contribution in [2.75, 3.05) is 0 Å². The molecule has 0 fully saturated rings. The van der Waals surface area contributed by atoms with E-state index in [-0.39, 0.29) is 5.41 Å². The third-order valence-corrected chi connectivity index (χ3v) is 3.28. The SMILES string of the molecule is C=CC[C@@](C)(c1ccccc1)c1ccncc1. The minimum Gasteiger partial charge on any atom is -0.265 e. The van der Waals surface area contributed by atoms with Gasteiger partial charge in [0.25, 0.3) is 0 Å². The normalized spacial score (nSPS) is 13.9. The lowest BCUT2D eigenvalue weighted by atomic mass is 9.74. The minimum atomic E-state index is -0.0219. The van der Waals surface area contributed by atoms with E-state index in [9.17, 15) is 0 Å². The Morgan fingerprint density at radius 3 is 2.24 bits per heavy atom. The maximum atomic E-state index is 4.09. The molecule has 86 valence electrons. The summed E-state index contributed by atoms with van der Waals surface area (Å²) in [6, 6.07) is 14.7. The van der Waals surface area contributed by atoms with Gasteiger partial charge in [0.15, 0.2) is 0 Å². The molecule has 1 aromatic carbocycles. The minimum absolute atomic E-state index is 0.0219. The molecule has 0 radical (unpaired) electrons. The van der Waals surface area contributed by atoms with Crippen LogP contribution in [0.2, 0.25) is 0 Å². The first-order valence-electron chi connectivity index (χ1n) is 5.84. The highest BCUT2D eigenvalue weighted by Gasteiger charge is 2.26. The van der Waals surface area contributed by atoms with E-state index in [0.29, 0.717) is 0 Å². The van der Waals surface area contributed by atoms with Crippen LogP contribution >= 0.6 is 0 Å². The predicted octanol–water partition coefficient (Wildman–Crippen LogP) is 3.96. The molecule has 0 aliphatic carbocycles. The van der Waals surface area contributed by atoms with E-state index < -0.39 is 0 Å². The van der Waals surface area contributed by atoms with E-state index in [1.807, 2.05) is 24.5 Å². The molecule has 0 unspecified atom stereocenters. The van der Waals surface area contributed by atoms with Crippen molar-refractivity contribution in [1.82, 2.24) is 4.98 Å². The molecule has 1 aromatic heterocycles. The fourth-order valence-corrected chi connectivity index (χ4v) is 2.22. The zero-order valence-corrected chi connectivity index (χ0v) is 10.1. The molecular formula is C16H17N. The van der Waals surface area contributed by atoms with E-state index in [1.165, 1.54) is 11.1 Å². The first-order chi connectivity index (χ1) is 8.27. The molecule has 0 aliphatic heterocycles. The Bertz CT molecular complexity index is 434. The molecule has 1 nitrogen and oxygen atoms in total. The molecule has 17 heavy (non-hydrogen) atoms. The Hall–Kier alpha value is -1.89. The molecule has 0 spiro atoms. The molecule has 2 rings (SSSR count). The average Bonchev–Trinajstić information content (AvgIpc) is 2.41. The topological polar surface area (TPSA) is 12.9 Å². The van der Waals surface area contributed by atoms with E-state index in [2.05, 4.69) is 54.9 Å². The molecule has 1 heterocycles. The Balaban J connectivity index is 2.50. The molecular weight excluding hydrogens is 206 g/mol. The van der Waals surface area contributed by atoms with Crippen LogP contribution in [0.5, 0.6) is 0 Å². The fourth-order valence-electron chi connectivity index (χ4n) is 2.22. The van der Waals surface area contributed by atoms with Crippen molar-refractivity contribution in [3.63, 3.8) is 0 Å². The standard InChI is InChI=1S/C16H17N/c1-3-11-16(2,14-7-5-4-6-8-14)15-9-12-17-13-10-15/h3-10,12-13H,1,11H2,2H3/t16-/m0/s1. The first-order valence-corrected chi connectivity index (χ1v) is 5.84. The van der Waals surface area contributed by atoms with Crippen molar-refractivity contribution < 1.29 is 0 Å². The Morgan fingerprint density at radius 2 is 1.65 bits per heavy atom. The molecule has 2 aromatic rings. The Morgan fingerprint density at radius 1 is 1.06 bits per heavy atom. The molecule has 0 saturated carbocycles. The highest BCUT2D eigenvalue weighted by Crippen LogP contribution is 2.34. The zero-order valence-electron chi connectivity index (χ0n) is 10.1.